The molecule has 1 amide bonds. The van der Waals surface area contributed by atoms with Gasteiger partial charge in [0.2, 0.25) is 5.91 Å². The summed E-state index contributed by atoms with van der Waals surface area (Å²) in [5.41, 5.74) is 1.66. The van der Waals surface area contributed by atoms with Crippen LogP contribution in [-0.4, -0.2) is 76.1 Å². The van der Waals surface area contributed by atoms with Gasteiger partial charge in [-0.1, -0.05) is 23.5 Å². The van der Waals surface area contributed by atoms with Crippen LogP contribution in [0.15, 0.2) is 52.3 Å². The van der Waals surface area contributed by atoms with E-state index < -0.39 is 9.84 Å². The van der Waals surface area contributed by atoms with E-state index in [1.165, 1.54) is 17.6 Å². The van der Waals surface area contributed by atoms with E-state index >= 15 is 0 Å². The van der Waals surface area contributed by atoms with Gasteiger partial charge in [0.15, 0.2) is 15.0 Å². The average molecular weight is 542 g/mol. The van der Waals surface area contributed by atoms with E-state index in [1.54, 1.807) is 40.9 Å². The molecule has 1 aromatic heterocycles. The molecule has 2 aromatic carbocycles. The summed E-state index contributed by atoms with van der Waals surface area (Å²) in [5.74, 6) is -0.0560. The molecule has 1 saturated heterocycles. The molecule has 1 aliphatic rings. The molecule has 0 unspecified atom stereocenters. The van der Waals surface area contributed by atoms with Crippen LogP contribution in [0.25, 0.3) is 10.2 Å². The Morgan fingerprint density at radius 1 is 1.18 bits per heavy atom. The minimum absolute atomic E-state index is 0. The second-order valence-electron chi connectivity index (χ2n) is 7.92. The van der Waals surface area contributed by atoms with Crippen LogP contribution in [-0.2, 0) is 25.8 Å². The number of nitrogens with zero attached hydrogens (tertiary/aromatic N) is 3. The van der Waals surface area contributed by atoms with E-state index in [-0.39, 0.29) is 29.6 Å². The second-order valence-corrected chi connectivity index (χ2v) is 11.8. The maximum absolute atomic E-state index is 13.4. The number of ether oxygens (including phenoxy) is 1. The molecule has 2 heterocycles. The van der Waals surface area contributed by atoms with Crippen molar-refractivity contribution in [1.82, 2.24) is 9.88 Å². The van der Waals surface area contributed by atoms with Crippen molar-refractivity contribution in [1.29, 1.82) is 0 Å². The van der Waals surface area contributed by atoms with E-state index in [1.807, 2.05) is 18.4 Å². The summed E-state index contributed by atoms with van der Waals surface area (Å²) in [6.07, 6.45) is 3.39. The lowest BCUT2D eigenvalue weighted by Gasteiger charge is -2.29. The molecule has 34 heavy (non-hydrogen) atoms. The van der Waals surface area contributed by atoms with E-state index in [0.717, 1.165) is 40.3 Å². The molecule has 4 rings (SSSR count). The van der Waals surface area contributed by atoms with E-state index in [0.29, 0.717) is 24.9 Å². The Labute approximate surface area is 214 Å². The second kappa shape index (κ2) is 11.8. The third kappa shape index (κ3) is 6.71. The first kappa shape index (κ1) is 26.9. The highest BCUT2D eigenvalue weighted by Gasteiger charge is 2.22. The number of hydrogen-bond acceptors (Lipinski definition) is 8. The van der Waals surface area contributed by atoms with E-state index in [4.69, 9.17) is 9.72 Å². The molecule has 7 nitrogen and oxygen atoms in total. The van der Waals surface area contributed by atoms with Crippen LogP contribution in [0.1, 0.15) is 5.56 Å². The van der Waals surface area contributed by atoms with Crippen molar-refractivity contribution in [3.8, 4) is 0 Å². The zero-order valence-electron chi connectivity index (χ0n) is 19.1. The van der Waals surface area contributed by atoms with Crippen LogP contribution in [0.4, 0.5) is 5.13 Å². The van der Waals surface area contributed by atoms with Crippen molar-refractivity contribution in [3.05, 3.63) is 48.0 Å². The molecule has 0 N–H and O–H groups in total. The van der Waals surface area contributed by atoms with Crippen molar-refractivity contribution in [2.45, 2.75) is 16.2 Å². The van der Waals surface area contributed by atoms with Gasteiger partial charge in [0, 0.05) is 37.3 Å². The number of benzene rings is 2. The highest BCUT2D eigenvalue weighted by molar-refractivity contribution is 7.98. The highest BCUT2D eigenvalue weighted by atomic mass is 35.5. The summed E-state index contributed by atoms with van der Waals surface area (Å²) >= 11 is 3.20. The quantitative estimate of drug-likeness (QED) is 0.402. The van der Waals surface area contributed by atoms with Crippen LogP contribution in [0.3, 0.4) is 0 Å². The van der Waals surface area contributed by atoms with Gasteiger partial charge in [-0.2, -0.15) is 0 Å². The monoisotopic (exact) mass is 541 g/mol. The number of carbonyl (C=O) groups excluding carboxylic acids is 1. The Morgan fingerprint density at radius 3 is 2.53 bits per heavy atom. The standard InChI is InChI=1S/C23H27N3O4S3.ClH/c1-31-18-5-8-20-21(16-18)32-23(24-20)26(10-9-25-11-13-30-14-12-25)22(27)15-17-3-6-19(7-4-17)33(2,28)29;/h3-8,16H,9-15H2,1-2H3;1H. The van der Waals surface area contributed by atoms with E-state index in [2.05, 4.69) is 11.0 Å². The van der Waals surface area contributed by atoms with E-state index in [9.17, 15) is 13.2 Å². The summed E-state index contributed by atoms with van der Waals surface area (Å²) in [6, 6.07) is 12.7. The number of carbonyl (C=O) groups is 1. The molecule has 184 valence electrons. The number of fused-ring (bicyclic) bond motifs is 1. The molecule has 0 saturated carbocycles. The molecule has 0 aliphatic carbocycles. The third-order valence-electron chi connectivity index (χ3n) is 5.57. The van der Waals surface area contributed by atoms with Crippen LogP contribution >= 0.6 is 35.5 Å². The normalized spacial score (nSPS) is 14.6. The van der Waals surface area contributed by atoms with Crippen LogP contribution < -0.4 is 4.90 Å². The molecule has 1 fully saturated rings. The zero-order chi connectivity index (χ0) is 23.4. The summed E-state index contributed by atoms with van der Waals surface area (Å²) in [7, 11) is -3.27. The Bertz CT molecular complexity index is 1230. The smallest absolute Gasteiger partial charge is 0.233 e. The van der Waals surface area contributed by atoms with Gasteiger partial charge < -0.3 is 4.74 Å². The number of sulfone groups is 1. The number of thioether (sulfide) groups is 1. The van der Waals surface area contributed by atoms with Crippen LogP contribution in [0, 0.1) is 0 Å². The first-order chi connectivity index (χ1) is 15.8. The van der Waals surface area contributed by atoms with Crippen LogP contribution in [0.2, 0.25) is 0 Å². The van der Waals surface area contributed by atoms with Gasteiger partial charge in [0.05, 0.1) is 34.7 Å². The van der Waals surface area contributed by atoms with Crippen molar-refractivity contribution in [2.75, 3.05) is 56.8 Å². The Morgan fingerprint density at radius 2 is 1.88 bits per heavy atom. The molecule has 11 heteroatoms. The van der Waals surface area contributed by atoms with Gasteiger partial charge in [0.25, 0.3) is 0 Å². The average Bonchev–Trinajstić information content (AvgIpc) is 3.22. The molecule has 3 aromatic rings. The fourth-order valence-electron chi connectivity index (χ4n) is 3.65. The fourth-order valence-corrected chi connectivity index (χ4v) is 5.85. The minimum atomic E-state index is -3.27. The molecule has 0 spiro atoms. The molecular weight excluding hydrogens is 514 g/mol. The zero-order valence-corrected chi connectivity index (χ0v) is 22.4. The van der Waals surface area contributed by atoms with Gasteiger partial charge in [0.1, 0.15) is 0 Å². The van der Waals surface area contributed by atoms with Gasteiger partial charge in [-0.15, -0.1) is 24.2 Å². The number of morpholine rings is 1. The van der Waals surface area contributed by atoms with Crippen LogP contribution in [0.5, 0.6) is 0 Å². The summed E-state index contributed by atoms with van der Waals surface area (Å²) in [4.78, 5) is 23.6. The lowest BCUT2D eigenvalue weighted by molar-refractivity contribution is -0.118. The number of halogens is 1. The third-order valence-corrected chi connectivity index (χ3v) is 8.46. The van der Waals surface area contributed by atoms with Crippen molar-refractivity contribution < 1.29 is 17.9 Å². The first-order valence-electron chi connectivity index (χ1n) is 10.7. The van der Waals surface area contributed by atoms with Gasteiger partial charge >= 0.3 is 0 Å². The van der Waals surface area contributed by atoms with Crippen molar-refractivity contribution >= 4 is 66.6 Å². The number of amides is 1. The highest BCUT2D eigenvalue weighted by Crippen LogP contribution is 2.32. The Kier molecular flexibility index (Phi) is 9.36. The van der Waals surface area contributed by atoms with Gasteiger partial charge in [-0.3, -0.25) is 14.6 Å². The topological polar surface area (TPSA) is 79.8 Å². The Hall–Kier alpha value is -1.69. The molecule has 0 bridgehead atoms. The number of aromatic nitrogens is 1. The maximum atomic E-state index is 13.4. The molecular formula is C23H28ClN3O4S3. The minimum Gasteiger partial charge on any atom is -0.379 e. The number of rotatable bonds is 8. The van der Waals surface area contributed by atoms with Gasteiger partial charge in [-0.05, 0) is 42.2 Å². The first-order valence-corrected chi connectivity index (χ1v) is 14.6. The number of thiazole rings is 1. The fraction of sp³-hybridized carbons (Fsp3) is 0.391. The summed E-state index contributed by atoms with van der Waals surface area (Å²) < 4.78 is 29.9. The molecule has 0 radical (unpaired) electrons. The SMILES string of the molecule is CSc1ccc2nc(N(CCN3CCOCC3)C(=O)Cc3ccc(S(C)(=O)=O)cc3)sc2c1.Cl. The summed E-state index contributed by atoms with van der Waals surface area (Å²) in [5, 5.41) is 0.689. The van der Waals surface area contributed by atoms with Crippen molar-refractivity contribution in [3.63, 3.8) is 0 Å². The lowest BCUT2D eigenvalue weighted by atomic mass is 10.1. The predicted molar refractivity (Wildman–Crippen MR) is 142 cm³/mol. The van der Waals surface area contributed by atoms with Crippen molar-refractivity contribution in [2.24, 2.45) is 0 Å². The maximum Gasteiger partial charge on any atom is 0.233 e. The molecule has 1 aliphatic heterocycles. The predicted octanol–water partition coefficient (Wildman–Crippen LogP) is 3.75. The number of anilines is 1. The summed E-state index contributed by atoms with van der Waals surface area (Å²) in [6.45, 7) is 4.40. The number of hydrogen-bond donors (Lipinski definition) is 0. The molecule has 0 atom stereocenters. The largest absolute Gasteiger partial charge is 0.379 e. The lowest BCUT2D eigenvalue weighted by Crippen LogP contribution is -2.43. The Balaban J connectivity index is 0.00000324. The van der Waals surface area contributed by atoms with Gasteiger partial charge in [-0.25, -0.2) is 13.4 Å².